The smallest absolute Gasteiger partial charge is 0.255 e. The molecule has 0 saturated carbocycles. The van der Waals surface area contributed by atoms with Gasteiger partial charge in [-0.3, -0.25) is 4.79 Å². The predicted molar refractivity (Wildman–Crippen MR) is 142 cm³/mol. The second-order valence-corrected chi connectivity index (χ2v) is 9.49. The molecule has 4 aromatic carbocycles. The Kier molecular flexibility index (Phi) is 5.07. The van der Waals surface area contributed by atoms with Crippen LogP contribution in [0.2, 0.25) is 0 Å². The lowest BCUT2D eigenvalue weighted by atomic mass is 9.92. The van der Waals surface area contributed by atoms with Gasteiger partial charge in [0, 0.05) is 29.1 Å². The molecule has 5 aromatic rings. The van der Waals surface area contributed by atoms with Crippen LogP contribution in [0.3, 0.4) is 0 Å². The Morgan fingerprint density at radius 2 is 1.43 bits per heavy atom. The van der Waals surface area contributed by atoms with E-state index < -0.39 is 0 Å². The van der Waals surface area contributed by atoms with Gasteiger partial charge in [0.05, 0.1) is 17.8 Å². The third-order valence-electron chi connectivity index (χ3n) is 7.44. The number of nitrogens with zero attached hydrogens (tertiary/aromatic N) is 2. The molecule has 0 aliphatic carbocycles. The minimum atomic E-state index is -0.184. The quantitative estimate of drug-likeness (QED) is 0.275. The van der Waals surface area contributed by atoms with Gasteiger partial charge in [0.25, 0.3) is 5.91 Å². The molecule has 35 heavy (non-hydrogen) atoms. The van der Waals surface area contributed by atoms with Crippen molar-refractivity contribution < 1.29 is 4.79 Å². The molecule has 0 radical (unpaired) electrons. The van der Waals surface area contributed by atoms with E-state index in [1.807, 2.05) is 36.4 Å². The van der Waals surface area contributed by atoms with E-state index in [4.69, 9.17) is 0 Å². The van der Waals surface area contributed by atoms with Crippen LogP contribution in [0.1, 0.15) is 51.6 Å². The maximum Gasteiger partial charge on any atom is 0.255 e. The monoisotopic (exact) mass is 456 g/mol. The molecule has 0 saturated heterocycles. The van der Waals surface area contributed by atoms with E-state index in [-0.39, 0.29) is 18.0 Å². The minimum absolute atomic E-state index is 0.0778. The van der Waals surface area contributed by atoms with Gasteiger partial charge in [-0.05, 0) is 42.7 Å². The molecule has 3 heteroatoms. The molecular formula is C32H28N2O. The molecule has 1 amide bonds. The third kappa shape index (κ3) is 3.30. The molecule has 1 aromatic heterocycles. The number of carbonyl (C=O) groups is 1. The van der Waals surface area contributed by atoms with Crippen molar-refractivity contribution in [3.8, 4) is 11.3 Å². The molecule has 2 heterocycles. The van der Waals surface area contributed by atoms with Crippen molar-refractivity contribution in [2.75, 3.05) is 0 Å². The first kappa shape index (κ1) is 21.4. The van der Waals surface area contributed by atoms with Gasteiger partial charge in [-0.25, -0.2) is 0 Å². The molecule has 0 spiro atoms. The van der Waals surface area contributed by atoms with E-state index in [0.29, 0.717) is 0 Å². The highest BCUT2D eigenvalue weighted by Gasteiger charge is 2.43. The number of carbonyl (C=O) groups excluding carboxylic acids is 1. The minimum Gasteiger partial charge on any atom is -0.343 e. The average Bonchev–Trinajstić information content (AvgIpc) is 3.35. The fourth-order valence-corrected chi connectivity index (χ4v) is 5.68. The molecule has 6 rings (SSSR count). The summed E-state index contributed by atoms with van der Waals surface area (Å²) in [7, 11) is 2.13. The summed E-state index contributed by atoms with van der Waals surface area (Å²) in [6.45, 7) is 4.25. The summed E-state index contributed by atoms with van der Waals surface area (Å²) in [4.78, 5) is 16.0. The van der Waals surface area contributed by atoms with Crippen LogP contribution in [0.25, 0.3) is 22.2 Å². The fraction of sp³-hybridized carbons (Fsp3) is 0.156. The second kappa shape index (κ2) is 8.28. The number of fused-ring (bicyclic) bond motifs is 2. The van der Waals surface area contributed by atoms with Gasteiger partial charge in [-0.2, -0.15) is 0 Å². The van der Waals surface area contributed by atoms with Crippen LogP contribution in [-0.4, -0.2) is 15.4 Å². The molecule has 0 fully saturated rings. The van der Waals surface area contributed by atoms with Gasteiger partial charge in [-0.15, -0.1) is 0 Å². The number of rotatable bonds is 4. The molecule has 0 N–H and O–H groups in total. The van der Waals surface area contributed by atoms with Crippen LogP contribution in [0.15, 0.2) is 103 Å². The van der Waals surface area contributed by atoms with Crippen molar-refractivity contribution >= 4 is 16.8 Å². The van der Waals surface area contributed by atoms with Crippen molar-refractivity contribution in [1.82, 2.24) is 9.47 Å². The average molecular weight is 457 g/mol. The lowest BCUT2D eigenvalue weighted by Gasteiger charge is -2.32. The fourth-order valence-electron chi connectivity index (χ4n) is 5.68. The normalized spacial score (nSPS) is 16.0. The van der Waals surface area contributed by atoms with Crippen LogP contribution in [0, 0.1) is 6.92 Å². The van der Waals surface area contributed by atoms with Crippen molar-refractivity contribution in [2.24, 2.45) is 7.05 Å². The van der Waals surface area contributed by atoms with Crippen LogP contribution in [-0.2, 0) is 7.05 Å². The Morgan fingerprint density at radius 3 is 2.20 bits per heavy atom. The van der Waals surface area contributed by atoms with E-state index >= 15 is 0 Å². The van der Waals surface area contributed by atoms with Gasteiger partial charge < -0.3 is 9.47 Å². The summed E-state index contributed by atoms with van der Waals surface area (Å²) in [5.41, 5.74) is 8.91. The zero-order valence-corrected chi connectivity index (χ0v) is 20.3. The molecule has 1 aliphatic rings. The van der Waals surface area contributed by atoms with E-state index in [1.165, 1.54) is 22.0 Å². The zero-order valence-electron chi connectivity index (χ0n) is 20.3. The molecule has 172 valence electrons. The summed E-state index contributed by atoms with van der Waals surface area (Å²) in [5.74, 6) is 0.0877. The van der Waals surface area contributed by atoms with Crippen molar-refractivity contribution in [2.45, 2.75) is 25.9 Å². The number of amides is 1. The van der Waals surface area contributed by atoms with Crippen LogP contribution in [0.5, 0.6) is 0 Å². The van der Waals surface area contributed by atoms with E-state index in [0.717, 1.165) is 27.9 Å². The maximum atomic E-state index is 13.9. The number of para-hydroxylation sites is 1. The highest BCUT2D eigenvalue weighted by Crippen LogP contribution is 2.49. The van der Waals surface area contributed by atoms with Gasteiger partial charge in [0.1, 0.15) is 0 Å². The number of benzene rings is 4. The van der Waals surface area contributed by atoms with E-state index in [1.54, 1.807) is 0 Å². The highest BCUT2D eigenvalue weighted by atomic mass is 16.2. The van der Waals surface area contributed by atoms with Gasteiger partial charge in [0.15, 0.2) is 0 Å². The maximum absolute atomic E-state index is 13.9. The first-order chi connectivity index (χ1) is 17.1. The highest BCUT2D eigenvalue weighted by molar-refractivity contribution is 6.02. The topological polar surface area (TPSA) is 25.2 Å². The van der Waals surface area contributed by atoms with Crippen molar-refractivity contribution in [3.05, 3.63) is 131 Å². The first-order valence-corrected chi connectivity index (χ1v) is 12.2. The summed E-state index contributed by atoms with van der Waals surface area (Å²) in [6, 6.07) is 35.4. The van der Waals surface area contributed by atoms with E-state index in [9.17, 15) is 4.79 Å². The summed E-state index contributed by atoms with van der Waals surface area (Å²) in [6.07, 6.45) is 0. The van der Waals surface area contributed by atoms with Crippen molar-refractivity contribution in [1.29, 1.82) is 0 Å². The third-order valence-corrected chi connectivity index (χ3v) is 7.44. The molecule has 0 bridgehead atoms. The Bertz CT molecular complexity index is 1550. The number of hydrogen-bond acceptors (Lipinski definition) is 1. The zero-order chi connectivity index (χ0) is 24.1. The molecule has 1 aliphatic heterocycles. The molecular weight excluding hydrogens is 428 g/mol. The Morgan fingerprint density at radius 1 is 0.771 bits per heavy atom. The van der Waals surface area contributed by atoms with Crippen LogP contribution in [0.4, 0.5) is 0 Å². The Hall–Kier alpha value is -4.11. The first-order valence-electron chi connectivity index (χ1n) is 12.2. The lowest BCUT2D eigenvalue weighted by molar-refractivity contribution is 0.0678. The Labute approximate surface area is 206 Å². The summed E-state index contributed by atoms with van der Waals surface area (Å²) >= 11 is 0. The number of hydrogen-bond donors (Lipinski definition) is 0. The number of aromatic nitrogens is 1. The number of aryl methyl sites for hydroxylation is 2. The van der Waals surface area contributed by atoms with Gasteiger partial charge in [0.2, 0.25) is 0 Å². The molecule has 3 nitrogen and oxygen atoms in total. The van der Waals surface area contributed by atoms with Crippen LogP contribution >= 0.6 is 0 Å². The Balaban J connectivity index is 1.66. The predicted octanol–water partition coefficient (Wildman–Crippen LogP) is 7.46. The van der Waals surface area contributed by atoms with Gasteiger partial charge >= 0.3 is 0 Å². The second-order valence-electron chi connectivity index (χ2n) is 9.49. The lowest BCUT2D eigenvalue weighted by Crippen LogP contribution is -2.31. The standard InChI is InChI=1S/C32H28N2O/c1-21-17-19-24(20-18-21)30-29(27-15-9-10-16-28(27)33(30)3)31-25-13-7-8-14-26(25)32(35)34(31)22(2)23-11-5-4-6-12-23/h4-20,22,31H,1-3H3. The van der Waals surface area contributed by atoms with Gasteiger partial charge in [-0.1, -0.05) is 96.6 Å². The molecule has 2 unspecified atom stereocenters. The van der Waals surface area contributed by atoms with Crippen LogP contribution < -0.4 is 0 Å². The van der Waals surface area contributed by atoms with Crippen molar-refractivity contribution in [3.63, 3.8) is 0 Å². The summed E-state index contributed by atoms with van der Waals surface area (Å²) in [5, 5.41) is 1.19. The SMILES string of the molecule is Cc1ccc(-c2c(C3c4ccccc4C(=O)N3C(C)c3ccccc3)c3ccccc3n2C)cc1. The molecule has 2 atom stereocenters. The largest absolute Gasteiger partial charge is 0.343 e. The summed E-state index contributed by atoms with van der Waals surface area (Å²) < 4.78 is 2.28. The van der Waals surface area contributed by atoms with E-state index in [2.05, 4.69) is 97.1 Å².